The van der Waals surface area contributed by atoms with Crippen LogP contribution < -0.4 is 0 Å². The molecule has 0 saturated heterocycles. The maximum atomic E-state index is 15.0. The first-order valence-corrected chi connectivity index (χ1v) is 10.7. The quantitative estimate of drug-likeness (QED) is 0.481. The van der Waals surface area contributed by atoms with Crippen LogP contribution in [0.3, 0.4) is 0 Å². The van der Waals surface area contributed by atoms with Crippen LogP contribution in [-0.2, 0) is 0 Å². The van der Waals surface area contributed by atoms with Crippen LogP contribution in [0.5, 0.6) is 5.75 Å². The summed E-state index contributed by atoms with van der Waals surface area (Å²) in [5, 5.41) is 11.6. The Bertz CT molecular complexity index is 954. The molecule has 146 valence electrons. The van der Waals surface area contributed by atoms with E-state index in [1.54, 1.807) is 18.2 Å². The van der Waals surface area contributed by atoms with Crippen LogP contribution in [0.15, 0.2) is 54.6 Å². The van der Waals surface area contributed by atoms with Gasteiger partial charge in [0.15, 0.2) is 0 Å². The van der Waals surface area contributed by atoms with Crippen LogP contribution >= 0.6 is 0 Å². The Balaban J connectivity index is 1.51. The number of unbranched alkanes of at least 4 members (excludes halogenated alkanes) is 1. The molecule has 0 heterocycles. The van der Waals surface area contributed by atoms with Crippen molar-refractivity contribution in [3.05, 3.63) is 66.0 Å². The number of benzene rings is 3. The molecule has 0 aromatic heterocycles. The van der Waals surface area contributed by atoms with Gasteiger partial charge >= 0.3 is 0 Å². The van der Waals surface area contributed by atoms with Gasteiger partial charge in [-0.15, -0.1) is 0 Å². The lowest BCUT2D eigenvalue weighted by Crippen LogP contribution is -2.13. The summed E-state index contributed by atoms with van der Waals surface area (Å²) < 4.78 is 15.0. The third-order valence-electron chi connectivity index (χ3n) is 6.41. The highest BCUT2D eigenvalue weighted by Gasteiger charge is 2.22. The maximum absolute atomic E-state index is 15.0. The van der Waals surface area contributed by atoms with Crippen molar-refractivity contribution in [3.8, 4) is 16.9 Å². The molecule has 3 aromatic carbocycles. The van der Waals surface area contributed by atoms with Crippen LogP contribution in [0.25, 0.3) is 21.9 Å². The zero-order chi connectivity index (χ0) is 19.5. The van der Waals surface area contributed by atoms with Crippen molar-refractivity contribution in [1.29, 1.82) is 0 Å². The Kier molecular flexibility index (Phi) is 5.66. The summed E-state index contributed by atoms with van der Waals surface area (Å²) in [6.07, 6.45) is 8.92. The fourth-order valence-corrected chi connectivity index (χ4v) is 4.70. The van der Waals surface area contributed by atoms with Crippen molar-refractivity contribution < 1.29 is 9.50 Å². The van der Waals surface area contributed by atoms with Gasteiger partial charge < -0.3 is 5.11 Å². The number of phenolic OH excluding ortho intramolecular Hbond substituents is 1. The van der Waals surface area contributed by atoms with Gasteiger partial charge in [-0.25, -0.2) is 4.39 Å². The van der Waals surface area contributed by atoms with E-state index in [-0.39, 0.29) is 11.6 Å². The fraction of sp³-hybridized carbons (Fsp3) is 0.385. The summed E-state index contributed by atoms with van der Waals surface area (Å²) in [4.78, 5) is 0. The Morgan fingerprint density at radius 2 is 1.64 bits per heavy atom. The monoisotopic (exact) mass is 376 g/mol. The van der Waals surface area contributed by atoms with Crippen molar-refractivity contribution in [1.82, 2.24) is 0 Å². The predicted octanol–water partition coefficient (Wildman–Crippen LogP) is 7.82. The Labute approximate surface area is 167 Å². The van der Waals surface area contributed by atoms with Gasteiger partial charge in [0, 0.05) is 5.56 Å². The molecule has 0 atom stereocenters. The van der Waals surface area contributed by atoms with E-state index in [1.807, 2.05) is 30.3 Å². The van der Waals surface area contributed by atoms with Gasteiger partial charge in [-0.2, -0.15) is 0 Å². The molecule has 0 spiro atoms. The molecule has 28 heavy (non-hydrogen) atoms. The average Bonchev–Trinajstić information content (AvgIpc) is 2.72. The topological polar surface area (TPSA) is 20.2 Å². The van der Waals surface area contributed by atoms with Crippen LogP contribution in [0.2, 0.25) is 0 Å². The first-order valence-electron chi connectivity index (χ1n) is 10.7. The normalized spacial score (nSPS) is 19.8. The number of halogens is 1. The van der Waals surface area contributed by atoms with E-state index >= 15 is 0 Å². The number of aromatic hydroxyl groups is 1. The summed E-state index contributed by atoms with van der Waals surface area (Å²) >= 11 is 0. The molecule has 1 N–H and O–H groups in total. The van der Waals surface area contributed by atoms with Crippen LogP contribution in [0.4, 0.5) is 4.39 Å². The molecular formula is C26H29FO. The molecule has 0 radical (unpaired) electrons. The lowest BCUT2D eigenvalue weighted by Gasteiger charge is -2.29. The Morgan fingerprint density at radius 1 is 0.893 bits per heavy atom. The molecule has 3 aromatic rings. The first-order chi connectivity index (χ1) is 13.6. The highest BCUT2D eigenvalue weighted by Crippen LogP contribution is 2.39. The van der Waals surface area contributed by atoms with Crippen molar-refractivity contribution in [3.63, 3.8) is 0 Å². The second-order valence-electron chi connectivity index (χ2n) is 8.35. The number of hydrogen-bond donors (Lipinski definition) is 1. The molecule has 0 unspecified atom stereocenters. The van der Waals surface area contributed by atoms with E-state index in [0.29, 0.717) is 11.5 Å². The summed E-state index contributed by atoms with van der Waals surface area (Å²) in [6.45, 7) is 2.26. The molecule has 0 amide bonds. The molecule has 2 heteroatoms. The smallest absolute Gasteiger partial charge is 0.131 e. The van der Waals surface area contributed by atoms with Gasteiger partial charge in [-0.1, -0.05) is 56.5 Å². The molecular weight excluding hydrogens is 347 g/mol. The molecule has 1 aliphatic rings. The van der Waals surface area contributed by atoms with E-state index in [4.69, 9.17) is 0 Å². The predicted molar refractivity (Wildman–Crippen MR) is 115 cm³/mol. The molecule has 1 nitrogen and oxygen atoms in total. The van der Waals surface area contributed by atoms with Gasteiger partial charge in [0.2, 0.25) is 0 Å². The Hall–Kier alpha value is -2.35. The zero-order valence-corrected chi connectivity index (χ0v) is 16.6. The summed E-state index contributed by atoms with van der Waals surface area (Å²) in [6, 6.07) is 17.0. The summed E-state index contributed by atoms with van der Waals surface area (Å²) in [5.41, 5.74) is 2.68. The molecule has 1 saturated carbocycles. The lowest BCUT2D eigenvalue weighted by molar-refractivity contribution is 0.304. The lowest BCUT2D eigenvalue weighted by atomic mass is 9.77. The molecule has 0 bridgehead atoms. The summed E-state index contributed by atoms with van der Waals surface area (Å²) in [7, 11) is 0. The van der Waals surface area contributed by atoms with Crippen LogP contribution in [0, 0.1) is 11.7 Å². The minimum Gasteiger partial charge on any atom is -0.508 e. The minimum absolute atomic E-state index is 0.135. The number of hydrogen-bond acceptors (Lipinski definition) is 1. The second kappa shape index (κ2) is 8.34. The Morgan fingerprint density at radius 3 is 2.39 bits per heavy atom. The van der Waals surface area contributed by atoms with E-state index in [1.165, 1.54) is 44.9 Å². The minimum atomic E-state index is -0.135. The number of phenols is 1. The highest BCUT2D eigenvalue weighted by molar-refractivity contribution is 5.88. The van der Waals surface area contributed by atoms with Crippen LogP contribution in [0.1, 0.15) is 63.4 Å². The third-order valence-corrected chi connectivity index (χ3v) is 6.41. The van der Waals surface area contributed by atoms with Crippen molar-refractivity contribution in [2.45, 2.75) is 57.8 Å². The van der Waals surface area contributed by atoms with Gasteiger partial charge in [0.05, 0.1) is 0 Å². The third kappa shape index (κ3) is 4.06. The molecule has 1 fully saturated rings. The largest absolute Gasteiger partial charge is 0.508 e. The van der Waals surface area contributed by atoms with Gasteiger partial charge in [-0.05, 0) is 83.7 Å². The SMILES string of the molecule is CCCCC1CCC(c2ccc(-c3ccc4cc(O)ccc4c3)c(F)c2)CC1. The fourth-order valence-electron chi connectivity index (χ4n) is 4.70. The number of fused-ring (bicyclic) bond motifs is 1. The zero-order valence-electron chi connectivity index (χ0n) is 16.6. The van der Waals surface area contributed by atoms with Crippen LogP contribution in [-0.4, -0.2) is 5.11 Å². The van der Waals surface area contributed by atoms with E-state index in [2.05, 4.69) is 13.0 Å². The molecule has 4 rings (SSSR count). The molecule has 1 aliphatic carbocycles. The van der Waals surface area contributed by atoms with E-state index < -0.39 is 0 Å². The average molecular weight is 377 g/mol. The maximum Gasteiger partial charge on any atom is 0.131 e. The molecule has 0 aliphatic heterocycles. The highest BCUT2D eigenvalue weighted by atomic mass is 19.1. The van der Waals surface area contributed by atoms with Crippen molar-refractivity contribution in [2.75, 3.05) is 0 Å². The number of rotatable bonds is 5. The van der Waals surface area contributed by atoms with Gasteiger partial charge in [0.1, 0.15) is 11.6 Å². The first kappa shape index (κ1) is 19.0. The second-order valence-corrected chi connectivity index (χ2v) is 8.35. The van der Waals surface area contributed by atoms with E-state index in [0.717, 1.165) is 27.8 Å². The van der Waals surface area contributed by atoms with Gasteiger partial charge in [0.25, 0.3) is 0 Å². The van der Waals surface area contributed by atoms with Crippen molar-refractivity contribution in [2.24, 2.45) is 5.92 Å². The standard InChI is InChI=1S/C26H29FO/c1-2-3-4-18-5-7-19(8-6-18)22-12-14-25(26(27)17-22)23-10-9-21-16-24(28)13-11-20(21)15-23/h9-19,28H,2-8H2,1H3. The van der Waals surface area contributed by atoms with E-state index in [9.17, 15) is 9.50 Å². The van der Waals surface area contributed by atoms with Crippen molar-refractivity contribution >= 4 is 10.8 Å². The van der Waals surface area contributed by atoms with Gasteiger partial charge in [-0.3, -0.25) is 0 Å². The summed E-state index contributed by atoms with van der Waals surface area (Å²) in [5.74, 6) is 1.49.